The van der Waals surface area contributed by atoms with Crippen molar-refractivity contribution in [2.24, 2.45) is 5.92 Å². The lowest BCUT2D eigenvalue weighted by Gasteiger charge is -2.56. The summed E-state index contributed by atoms with van der Waals surface area (Å²) in [6.07, 6.45) is 0. The third-order valence-corrected chi connectivity index (χ3v) is 6.59. The fraction of sp³-hybridized carbons (Fsp3) is 0.579. The van der Waals surface area contributed by atoms with Gasteiger partial charge in [-0.3, -0.25) is 14.5 Å². The Hall–Kier alpha value is -1.01. The van der Waals surface area contributed by atoms with Crippen LogP contribution in [-0.2, 0) is 4.79 Å². The van der Waals surface area contributed by atoms with E-state index in [1.54, 1.807) is 0 Å². The van der Waals surface area contributed by atoms with Gasteiger partial charge in [-0.05, 0) is 44.1 Å². The topological polar surface area (TPSA) is 61.4 Å². The van der Waals surface area contributed by atoms with E-state index in [9.17, 15) is 14.0 Å². The molecular formula is C19H17B10ClFN3O2. The molecule has 1 heterocycles. The first kappa shape index (κ1) is 31.2. The molecule has 1 aliphatic rings. The first-order chi connectivity index (χ1) is 16.1. The van der Waals surface area contributed by atoms with Gasteiger partial charge in [0.05, 0.1) is 85.0 Å². The number of nitrogens with zero attached hydrogens (tertiary/aromatic N) is 1. The molecule has 0 saturated carbocycles. The number of benzene rings is 1. The van der Waals surface area contributed by atoms with Gasteiger partial charge in [0.15, 0.2) is 0 Å². The van der Waals surface area contributed by atoms with Crippen LogP contribution in [0.4, 0.5) is 4.39 Å². The van der Waals surface area contributed by atoms with Gasteiger partial charge in [-0.2, -0.15) is 0 Å². The average molecular weight is 482 g/mol. The highest BCUT2D eigenvalue weighted by molar-refractivity contribution is 6.65. The van der Waals surface area contributed by atoms with E-state index in [-0.39, 0.29) is 36.8 Å². The Morgan fingerprint density at radius 2 is 1.53 bits per heavy atom. The Balaban J connectivity index is 2.11. The number of halogens is 2. The van der Waals surface area contributed by atoms with Gasteiger partial charge in [-0.15, -0.1) is 10.2 Å². The van der Waals surface area contributed by atoms with Crippen LogP contribution in [0, 0.1) is 11.7 Å². The molecule has 0 atom stereocenters. The van der Waals surface area contributed by atoms with Gasteiger partial charge in [0, 0.05) is 22.7 Å². The maximum absolute atomic E-state index is 13.6. The molecule has 2 amide bonds. The predicted octanol–water partition coefficient (Wildman–Crippen LogP) is -1.92. The van der Waals surface area contributed by atoms with Crippen molar-refractivity contribution in [3.05, 3.63) is 34.6 Å². The molecule has 1 aliphatic heterocycles. The van der Waals surface area contributed by atoms with E-state index in [0.29, 0.717) is 0 Å². The summed E-state index contributed by atoms with van der Waals surface area (Å²) in [4.78, 5) is 26.8. The Labute approximate surface area is 230 Å². The number of amides is 2. The molecule has 1 fully saturated rings. The van der Waals surface area contributed by atoms with Gasteiger partial charge >= 0.3 is 0 Å². The van der Waals surface area contributed by atoms with Gasteiger partial charge in [-0.1, -0.05) is 22.0 Å². The van der Waals surface area contributed by atoms with E-state index in [2.05, 4.69) is 10.6 Å². The Kier molecular flexibility index (Phi) is 9.22. The minimum absolute atomic E-state index is 0.0111. The summed E-state index contributed by atoms with van der Waals surface area (Å²) < 4.78 is 13.6. The van der Waals surface area contributed by atoms with Crippen LogP contribution in [-0.4, -0.2) is 127 Å². The second-order valence-corrected chi connectivity index (χ2v) is 10.3. The van der Waals surface area contributed by atoms with E-state index < -0.39 is 49.7 Å². The van der Waals surface area contributed by atoms with Gasteiger partial charge in [-0.25, -0.2) is 4.39 Å². The van der Waals surface area contributed by atoms with Gasteiger partial charge in [0.2, 0.25) is 5.91 Å². The van der Waals surface area contributed by atoms with Crippen LogP contribution >= 0.6 is 11.6 Å². The fourth-order valence-electron chi connectivity index (χ4n) is 4.14. The van der Waals surface area contributed by atoms with Crippen LogP contribution in [0.15, 0.2) is 18.2 Å². The smallest absolute Gasteiger partial charge is 0.251 e. The third-order valence-electron chi connectivity index (χ3n) is 6.37. The molecule has 164 valence electrons. The molecular weight excluding hydrogens is 465 g/mol. The highest BCUT2D eigenvalue weighted by Crippen LogP contribution is 2.47. The molecule has 2 rings (SSSR count). The zero-order chi connectivity index (χ0) is 27.9. The summed E-state index contributed by atoms with van der Waals surface area (Å²) in [5.41, 5.74) is -1.85. The summed E-state index contributed by atoms with van der Waals surface area (Å²) in [5, 5.41) is -2.19. The van der Waals surface area contributed by atoms with Crippen LogP contribution in [0.25, 0.3) is 0 Å². The molecule has 0 bridgehead atoms. The highest BCUT2D eigenvalue weighted by atomic mass is 35.5. The van der Waals surface area contributed by atoms with Crippen molar-refractivity contribution in [2.45, 2.75) is 33.1 Å². The van der Waals surface area contributed by atoms with Crippen molar-refractivity contribution < 1.29 is 14.0 Å². The Morgan fingerprint density at radius 1 is 1.03 bits per heavy atom. The molecule has 36 heavy (non-hydrogen) atoms. The monoisotopic (exact) mass is 483 g/mol. The van der Waals surface area contributed by atoms with E-state index in [1.807, 2.05) is 0 Å². The number of rotatable bonds is 8. The lowest BCUT2D eigenvalue weighted by atomic mass is 9.22. The standard InChI is InChI=1S/C19H17B10ClFN3O2/c1-15(18(24,25)26,19(27,28)29)33-13(35)6-34-7-16(20,21)12(17(22,23)8-34)5-32-14(36)9-2-10(30)4-11(31)3-9/h2-4,12H,5-8H2,1H3,(H,32,36)(H,33,35). The molecule has 17 heteroatoms. The van der Waals surface area contributed by atoms with E-state index >= 15 is 0 Å². The predicted molar refractivity (Wildman–Crippen MR) is 149 cm³/mol. The minimum atomic E-state index is -2.09. The maximum Gasteiger partial charge on any atom is 0.251 e. The number of likely N-dealkylation sites (tertiary alicyclic amines) is 1. The Morgan fingerprint density at radius 3 is 1.97 bits per heavy atom. The molecule has 0 spiro atoms. The fourth-order valence-corrected chi connectivity index (χ4v) is 4.36. The summed E-state index contributed by atoms with van der Waals surface area (Å²) in [7, 11) is 59.7. The van der Waals surface area contributed by atoms with E-state index in [4.69, 9.17) is 90.1 Å². The van der Waals surface area contributed by atoms with Crippen molar-refractivity contribution in [1.29, 1.82) is 0 Å². The molecule has 1 saturated heterocycles. The van der Waals surface area contributed by atoms with Crippen LogP contribution in [0.5, 0.6) is 0 Å². The van der Waals surface area contributed by atoms with Gasteiger partial charge < -0.3 is 10.6 Å². The van der Waals surface area contributed by atoms with Crippen LogP contribution < -0.4 is 10.6 Å². The Bertz CT molecular complexity index is 950. The summed E-state index contributed by atoms with van der Waals surface area (Å²) in [6, 6.07) is 3.37. The van der Waals surface area contributed by atoms with Crippen molar-refractivity contribution in [3.8, 4) is 0 Å². The average Bonchev–Trinajstić information content (AvgIpc) is 2.63. The number of hydrogen-bond acceptors (Lipinski definition) is 3. The first-order valence-corrected chi connectivity index (χ1v) is 11.1. The molecule has 1 aromatic carbocycles. The zero-order valence-corrected chi connectivity index (χ0v) is 20.7. The van der Waals surface area contributed by atoms with Crippen LogP contribution in [0.3, 0.4) is 0 Å². The lowest BCUT2D eigenvalue weighted by Crippen LogP contribution is -2.65. The van der Waals surface area contributed by atoms with Gasteiger partial charge in [0.1, 0.15) is 5.82 Å². The third kappa shape index (κ3) is 7.09. The molecule has 0 unspecified atom stereocenters. The van der Waals surface area contributed by atoms with Crippen LogP contribution in [0.2, 0.25) is 25.7 Å². The number of nitrogens with one attached hydrogen (secondary N) is 2. The van der Waals surface area contributed by atoms with Crippen molar-refractivity contribution in [2.75, 3.05) is 26.2 Å². The van der Waals surface area contributed by atoms with Gasteiger partial charge in [0.25, 0.3) is 5.91 Å². The summed E-state index contributed by atoms with van der Waals surface area (Å²) >= 11 is 5.80. The first-order valence-electron chi connectivity index (χ1n) is 10.8. The van der Waals surface area contributed by atoms with E-state index in [0.717, 1.165) is 12.1 Å². The maximum atomic E-state index is 13.6. The molecule has 0 aromatic heterocycles. The summed E-state index contributed by atoms with van der Waals surface area (Å²) in [5.74, 6) is -2.83. The van der Waals surface area contributed by atoms with Crippen molar-refractivity contribution >= 4 is 102 Å². The van der Waals surface area contributed by atoms with Crippen molar-refractivity contribution in [3.63, 3.8) is 0 Å². The number of carbonyl (C=O) groups excluding carboxylic acids is 2. The highest BCUT2D eigenvalue weighted by Gasteiger charge is 2.47. The summed E-state index contributed by atoms with van der Waals surface area (Å²) in [6.45, 7) is 0.708. The number of piperidine rings is 1. The normalized spacial score (nSPS) is 18.9. The number of carbonyl (C=O) groups is 2. The quantitative estimate of drug-likeness (QED) is 0.426. The second kappa shape index (κ2) is 10.6. The molecule has 0 aliphatic carbocycles. The zero-order valence-electron chi connectivity index (χ0n) is 19.9. The SMILES string of the molecule is [B]C1([B])CN(CC(=O)NC(C)(C([B])([B])[B])C([B])([B])[B])CC([B])([B])C1CNC(=O)c1cc(F)cc(Cl)c1. The van der Waals surface area contributed by atoms with Crippen LogP contribution in [0.1, 0.15) is 17.3 Å². The molecule has 5 nitrogen and oxygen atoms in total. The molecule has 20 radical (unpaired) electrons. The lowest BCUT2D eigenvalue weighted by molar-refractivity contribution is -0.124. The molecule has 1 aromatic rings. The molecule has 2 N–H and O–H groups in total. The minimum Gasteiger partial charge on any atom is -0.353 e. The largest absolute Gasteiger partial charge is 0.353 e. The second-order valence-electron chi connectivity index (χ2n) is 9.83. The van der Waals surface area contributed by atoms with Crippen molar-refractivity contribution in [1.82, 2.24) is 15.5 Å². The number of hydrogen-bond donors (Lipinski definition) is 2. The van der Waals surface area contributed by atoms with E-state index in [1.165, 1.54) is 17.9 Å².